The number of unbranched alkanes of at least 4 members (excludes halogenated alkanes) is 10. The summed E-state index contributed by atoms with van der Waals surface area (Å²) in [6.07, 6.45) is 13.9. The van der Waals surface area contributed by atoms with Crippen molar-refractivity contribution < 1.29 is 45.3 Å². The fourth-order valence-corrected chi connectivity index (χ4v) is 2.44. The zero-order valence-electron chi connectivity index (χ0n) is 17.4. The van der Waals surface area contributed by atoms with Gasteiger partial charge < -0.3 is 11.9 Å². The van der Waals surface area contributed by atoms with Gasteiger partial charge in [0.15, 0.2) is 0 Å². The molecule has 0 aromatic rings. The SMILES string of the molecule is CCCCCCCCCCCCCC(=O)OC(=O)C(N)C(C)C.[H-].[Na+]. The van der Waals surface area contributed by atoms with E-state index in [0.29, 0.717) is 6.42 Å². The van der Waals surface area contributed by atoms with Crippen LogP contribution >= 0.6 is 0 Å². The van der Waals surface area contributed by atoms with Crippen LogP contribution in [-0.4, -0.2) is 18.0 Å². The minimum atomic E-state index is -0.712. The molecule has 0 fully saturated rings. The van der Waals surface area contributed by atoms with E-state index in [0.717, 1.165) is 19.3 Å². The molecule has 0 saturated carbocycles. The Morgan fingerprint density at radius 3 is 1.71 bits per heavy atom. The van der Waals surface area contributed by atoms with E-state index in [2.05, 4.69) is 6.92 Å². The molecule has 0 saturated heterocycles. The number of esters is 2. The van der Waals surface area contributed by atoms with Gasteiger partial charge in [0.05, 0.1) is 0 Å². The number of nitrogens with two attached hydrogens (primary N) is 1. The molecule has 0 heterocycles. The first-order valence-corrected chi connectivity index (χ1v) is 9.49. The third kappa shape index (κ3) is 15.6. The molecule has 0 amide bonds. The maximum Gasteiger partial charge on any atom is 1.00 e. The number of ether oxygens (including phenoxy) is 1. The number of carbonyl (C=O) groups is 2. The van der Waals surface area contributed by atoms with Gasteiger partial charge in [0, 0.05) is 6.42 Å². The van der Waals surface area contributed by atoms with Gasteiger partial charge in [0.1, 0.15) is 6.04 Å². The summed E-state index contributed by atoms with van der Waals surface area (Å²) in [6.45, 7) is 5.91. The summed E-state index contributed by atoms with van der Waals surface area (Å²) in [5.41, 5.74) is 5.64. The second-order valence-corrected chi connectivity index (χ2v) is 6.85. The van der Waals surface area contributed by atoms with E-state index < -0.39 is 18.0 Å². The summed E-state index contributed by atoms with van der Waals surface area (Å²) < 4.78 is 4.76. The predicted octanol–water partition coefficient (Wildman–Crippen LogP) is 1.86. The van der Waals surface area contributed by atoms with Crippen LogP contribution < -0.4 is 35.3 Å². The van der Waals surface area contributed by atoms with Crippen molar-refractivity contribution in [1.29, 1.82) is 0 Å². The van der Waals surface area contributed by atoms with Gasteiger partial charge in [0.25, 0.3) is 0 Å². The zero-order chi connectivity index (χ0) is 17.5. The largest absolute Gasteiger partial charge is 1.00 e. The molecule has 4 nitrogen and oxygen atoms in total. The molecule has 0 spiro atoms. The summed E-state index contributed by atoms with van der Waals surface area (Å²) in [6, 6.07) is -0.712. The molecule has 24 heavy (non-hydrogen) atoms. The zero-order valence-corrected chi connectivity index (χ0v) is 18.4. The van der Waals surface area contributed by atoms with Gasteiger partial charge in [-0.25, -0.2) is 4.79 Å². The Labute approximate surface area is 172 Å². The Morgan fingerprint density at radius 2 is 1.29 bits per heavy atom. The van der Waals surface area contributed by atoms with E-state index in [1.165, 1.54) is 51.4 Å². The minimum absolute atomic E-state index is 0. The van der Waals surface area contributed by atoms with Gasteiger partial charge >= 0.3 is 41.5 Å². The maximum absolute atomic E-state index is 11.5. The molecule has 0 bridgehead atoms. The van der Waals surface area contributed by atoms with Crippen molar-refractivity contribution in [3.05, 3.63) is 0 Å². The Balaban J connectivity index is -0.00000242. The third-order valence-electron chi connectivity index (χ3n) is 4.19. The van der Waals surface area contributed by atoms with Crippen molar-refractivity contribution in [2.24, 2.45) is 11.7 Å². The minimum Gasteiger partial charge on any atom is -1.00 e. The number of carbonyl (C=O) groups excluding carboxylic acids is 2. The van der Waals surface area contributed by atoms with E-state index in [9.17, 15) is 9.59 Å². The smallest absolute Gasteiger partial charge is 1.00 e. The van der Waals surface area contributed by atoms with E-state index in [4.69, 9.17) is 10.5 Å². The van der Waals surface area contributed by atoms with Crippen molar-refractivity contribution in [3.63, 3.8) is 0 Å². The van der Waals surface area contributed by atoms with Crippen molar-refractivity contribution in [2.45, 2.75) is 104 Å². The van der Waals surface area contributed by atoms with E-state index in [1.54, 1.807) is 0 Å². The first-order valence-electron chi connectivity index (χ1n) is 9.49. The van der Waals surface area contributed by atoms with Gasteiger partial charge in [-0.15, -0.1) is 0 Å². The molecule has 0 radical (unpaired) electrons. The normalized spacial score (nSPS) is 11.9. The molecule has 138 valence electrons. The predicted molar refractivity (Wildman–Crippen MR) is 96.1 cm³/mol. The molecular weight excluding hydrogens is 313 g/mol. The number of hydrogen-bond acceptors (Lipinski definition) is 4. The van der Waals surface area contributed by atoms with Gasteiger partial charge in [-0.2, -0.15) is 0 Å². The molecular formula is C19H38NNaO3. The van der Waals surface area contributed by atoms with Crippen LogP contribution in [0.5, 0.6) is 0 Å². The summed E-state index contributed by atoms with van der Waals surface area (Å²) in [5, 5.41) is 0. The summed E-state index contributed by atoms with van der Waals surface area (Å²) in [5.74, 6) is -1.06. The van der Waals surface area contributed by atoms with Gasteiger partial charge in [-0.1, -0.05) is 85.0 Å². The second kappa shape index (κ2) is 17.9. The molecule has 0 aliphatic carbocycles. The molecule has 0 aliphatic heterocycles. The fraction of sp³-hybridized carbons (Fsp3) is 0.895. The fourth-order valence-electron chi connectivity index (χ4n) is 2.44. The van der Waals surface area contributed by atoms with Crippen molar-refractivity contribution in [1.82, 2.24) is 0 Å². The van der Waals surface area contributed by atoms with Gasteiger partial charge in [-0.05, 0) is 12.3 Å². The quantitative estimate of drug-likeness (QED) is 0.224. The van der Waals surface area contributed by atoms with Crippen LogP contribution in [0.15, 0.2) is 0 Å². The molecule has 2 N–H and O–H groups in total. The Kier molecular flexibility index (Phi) is 19.6. The second-order valence-electron chi connectivity index (χ2n) is 6.85. The van der Waals surface area contributed by atoms with Crippen LogP contribution in [0.2, 0.25) is 0 Å². The molecule has 0 aromatic heterocycles. The first-order chi connectivity index (χ1) is 11.0. The van der Waals surface area contributed by atoms with E-state index >= 15 is 0 Å². The van der Waals surface area contributed by atoms with Crippen molar-refractivity contribution >= 4 is 11.9 Å². The maximum atomic E-state index is 11.5. The van der Waals surface area contributed by atoms with Crippen molar-refractivity contribution in [3.8, 4) is 0 Å². The van der Waals surface area contributed by atoms with Crippen LogP contribution in [0.3, 0.4) is 0 Å². The van der Waals surface area contributed by atoms with Crippen LogP contribution in [0.4, 0.5) is 0 Å². The van der Waals surface area contributed by atoms with Crippen molar-refractivity contribution in [2.75, 3.05) is 0 Å². The average molecular weight is 352 g/mol. The van der Waals surface area contributed by atoms with Crippen LogP contribution in [0.1, 0.15) is 99.2 Å². The number of hydrogen-bond donors (Lipinski definition) is 1. The topological polar surface area (TPSA) is 69.4 Å². The molecule has 0 aromatic carbocycles. The summed E-state index contributed by atoms with van der Waals surface area (Å²) in [4.78, 5) is 23.1. The van der Waals surface area contributed by atoms with Gasteiger partial charge in [-0.3, -0.25) is 4.79 Å². The molecule has 1 atom stereocenters. The van der Waals surface area contributed by atoms with Crippen LogP contribution in [0.25, 0.3) is 0 Å². The molecule has 5 heteroatoms. The number of rotatable bonds is 14. The standard InChI is InChI=1S/C19H37NO3.Na.H/c1-4-5-6-7-8-9-10-11-12-13-14-15-17(21)23-19(22)18(20)16(2)3;;/h16,18H,4-15,20H2,1-3H3;;/q;+1;-1. The molecule has 0 aliphatic rings. The van der Waals surface area contributed by atoms with Gasteiger partial charge in [0.2, 0.25) is 0 Å². The molecule has 1 unspecified atom stereocenters. The van der Waals surface area contributed by atoms with Crippen LogP contribution in [0, 0.1) is 5.92 Å². The Hall–Kier alpha value is 0.1000. The third-order valence-corrected chi connectivity index (χ3v) is 4.19. The summed E-state index contributed by atoms with van der Waals surface area (Å²) >= 11 is 0. The Morgan fingerprint density at radius 1 is 0.875 bits per heavy atom. The first kappa shape index (κ1) is 26.3. The monoisotopic (exact) mass is 351 g/mol. The Bertz CT molecular complexity index is 328. The average Bonchev–Trinajstić information content (AvgIpc) is 2.51. The molecule has 0 rings (SSSR count). The summed E-state index contributed by atoms with van der Waals surface area (Å²) in [7, 11) is 0. The van der Waals surface area contributed by atoms with E-state index in [1.807, 2.05) is 13.8 Å². The van der Waals surface area contributed by atoms with Crippen LogP contribution in [-0.2, 0) is 14.3 Å². The van der Waals surface area contributed by atoms with E-state index in [-0.39, 0.29) is 36.9 Å².